The van der Waals surface area contributed by atoms with Gasteiger partial charge in [-0.25, -0.2) is 0 Å². The highest BCUT2D eigenvalue weighted by molar-refractivity contribution is 5.49. The lowest BCUT2D eigenvalue weighted by Gasteiger charge is -2.15. The summed E-state index contributed by atoms with van der Waals surface area (Å²) in [6, 6.07) is 12.6. The van der Waals surface area contributed by atoms with Crippen LogP contribution in [-0.4, -0.2) is 12.2 Å². The molecule has 21 heavy (non-hydrogen) atoms. The summed E-state index contributed by atoms with van der Waals surface area (Å²) in [6.07, 6.45) is -0.691. The molecule has 4 heteroatoms. The van der Waals surface area contributed by atoms with Crippen molar-refractivity contribution >= 4 is 0 Å². The Morgan fingerprint density at radius 3 is 2.48 bits per heavy atom. The number of nitriles is 1. The van der Waals surface area contributed by atoms with E-state index in [1.165, 1.54) is 0 Å². The van der Waals surface area contributed by atoms with E-state index in [-0.39, 0.29) is 0 Å². The minimum atomic E-state index is -0.691. The highest BCUT2D eigenvalue weighted by Gasteiger charge is 2.13. The number of hydrogen-bond acceptors (Lipinski definition) is 4. The molecule has 1 atom stereocenters. The second-order valence-electron chi connectivity index (χ2n) is 4.80. The van der Waals surface area contributed by atoms with Gasteiger partial charge < -0.3 is 14.6 Å². The molecule has 108 valence electrons. The first-order valence-electron chi connectivity index (χ1n) is 6.59. The first-order chi connectivity index (χ1) is 10.0. The largest absolute Gasteiger partial charge is 0.493 e. The van der Waals surface area contributed by atoms with Crippen molar-refractivity contribution in [1.29, 1.82) is 5.26 Å². The van der Waals surface area contributed by atoms with Crippen LogP contribution in [0.25, 0.3) is 0 Å². The van der Waals surface area contributed by atoms with E-state index in [1.807, 2.05) is 19.1 Å². The predicted octanol–water partition coefficient (Wildman–Crippen LogP) is 3.72. The molecule has 0 aliphatic rings. The third kappa shape index (κ3) is 3.33. The Balaban J connectivity index is 2.45. The normalized spacial score (nSPS) is 11.6. The van der Waals surface area contributed by atoms with E-state index in [1.54, 1.807) is 38.3 Å². The zero-order chi connectivity index (χ0) is 15.4. The van der Waals surface area contributed by atoms with Gasteiger partial charge in [-0.15, -0.1) is 0 Å². The minimum Gasteiger partial charge on any atom is -0.493 e. The molecule has 0 spiro atoms. The van der Waals surface area contributed by atoms with Crippen molar-refractivity contribution in [2.24, 2.45) is 0 Å². The number of aliphatic hydroxyl groups excluding tert-OH is 1. The van der Waals surface area contributed by atoms with Crippen LogP contribution in [0.5, 0.6) is 17.2 Å². The van der Waals surface area contributed by atoms with E-state index < -0.39 is 6.10 Å². The summed E-state index contributed by atoms with van der Waals surface area (Å²) in [5, 5.41) is 18.8. The Labute approximate surface area is 124 Å². The molecule has 0 unspecified atom stereocenters. The van der Waals surface area contributed by atoms with Crippen molar-refractivity contribution < 1.29 is 14.6 Å². The van der Waals surface area contributed by atoms with Crippen LogP contribution in [0.4, 0.5) is 0 Å². The maximum absolute atomic E-state index is 9.82. The molecule has 0 saturated carbocycles. The maximum atomic E-state index is 9.82. The van der Waals surface area contributed by atoms with Crippen LogP contribution < -0.4 is 9.47 Å². The van der Waals surface area contributed by atoms with Gasteiger partial charge in [0, 0.05) is 5.56 Å². The van der Waals surface area contributed by atoms with Crippen molar-refractivity contribution in [1.82, 2.24) is 0 Å². The zero-order valence-corrected chi connectivity index (χ0v) is 12.3. The fourth-order valence-corrected chi connectivity index (χ4v) is 2.02. The van der Waals surface area contributed by atoms with Crippen LogP contribution in [0.15, 0.2) is 36.4 Å². The van der Waals surface area contributed by atoms with Gasteiger partial charge in [0.05, 0.1) is 24.8 Å². The van der Waals surface area contributed by atoms with Crippen LogP contribution in [0, 0.1) is 18.3 Å². The van der Waals surface area contributed by atoms with Gasteiger partial charge in [0.1, 0.15) is 5.75 Å². The summed E-state index contributed by atoms with van der Waals surface area (Å²) in [4.78, 5) is 0. The Bertz CT molecular complexity index is 687. The number of aliphatic hydroxyl groups is 1. The molecule has 0 aliphatic carbocycles. The van der Waals surface area contributed by atoms with Gasteiger partial charge in [-0.05, 0) is 43.7 Å². The molecule has 0 radical (unpaired) electrons. The summed E-state index contributed by atoms with van der Waals surface area (Å²) in [6.45, 7) is 3.62. The lowest BCUT2D eigenvalue weighted by Crippen LogP contribution is -1.98. The number of rotatable bonds is 4. The van der Waals surface area contributed by atoms with Crippen molar-refractivity contribution in [2.75, 3.05) is 7.11 Å². The molecule has 0 bridgehead atoms. The van der Waals surface area contributed by atoms with Crippen LogP contribution in [-0.2, 0) is 0 Å². The highest BCUT2D eigenvalue weighted by Crippen LogP contribution is 2.36. The quantitative estimate of drug-likeness (QED) is 0.928. The van der Waals surface area contributed by atoms with Gasteiger partial charge in [0.15, 0.2) is 11.5 Å². The van der Waals surface area contributed by atoms with Gasteiger partial charge in [0.25, 0.3) is 0 Å². The lowest BCUT2D eigenvalue weighted by atomic mass is 10.1. The fourth-order valence-electron chi connectivity index (χ4n) is 2.02. The lowest BCUT2D eigenvalue weighted by molar-refractivity contribution is 0.195. The molecule has 2 aromatic rings. The van der Waals surface area contributed by atoms with E-state index in [0.717, 1.165) is 5.56 Å². The highest BCUT2D eigenvalue weighted by atomic mass is 16.5. The second kappa shape index (κ2) is 6.29. The van der Waals surface area contributed by atoms with E-state index in [4.69, 9.17) is 14.7 Å². The van der Waals surface area contributed by atoms with E-state index in [9.17, 15) is 5.11 Å². The number of nitrogens with zero attached hydrogens (tertiary/aromatic N) is 1. The predicted molar refractivity (Wildman–Crippen MR) is 79.6 cm³/mol. The molecule has 2 aromatic carbocycles. The summed E-state index contributed by atoms with van der Waals surface area (Å²) in [5.74, 6) is 1.60. The third-order valence-corrected chi connectivity index (χ3v) is 3.13. The van der Waals surface area contributed by atoms with Crippen molar-refractivity contribution in [2.45, 2.75) is 20.0 Å². The van der Waals surface area contributed by atoms with E-state index >= 15 is 0 Å². The molecular formula is C17H17NO3. The Hall–Kier alpha value is -2.51. The van der Waals surface area contributed by atoms with E-state index in [0.29, 0.717) is 28.4 Å². The molecule has 4 nitrogen and oxygen atoms in total. The Morgan fingerprint density at radius 2 is 1.86 bits per heavy atom. The first-order valence-corrected chi connectivity index (χ1v) is 6.59. The van der Waals surface area contributed by atoms with Crippen LogP contribution in [0.3, 0.4) is 0 Å². The molecule has 0 amide bonds. The molecule has 0 aliphatic heterocycles. The Morgan fingerprint density at radius 1 is 1.10 bits per heavy atom. The van der Waals surface area contributed by atoms with Gasteiger partial charge in [-0.2, -0.15) is 5.26 Å². The number of benzene rings is 2. The molecule has 2 rings (SSSR count). The zero-order valence-electron chi connectivity index (χ0n) is 12.3. The number of aryl methyl sites for hydroxylation is 1. The first kappa shape index (κ1) is 14.9. The average molecular weight is 283 g/mol. The van der Waals surface area contributed by atoms with Gasteiger partial charge in [-0.3, -0.25) is 0 Å². The Kier molecular flexibility index (Phi) is 4.46. The van der Waals surface area contributed by atoms with Gasteiger partial charge in [-0.1, -0.05) is 12.1 Å². The molecule has 0 aromatic heterocycles. The summed E-state index contributed by atoms with van der Waals surface area (Å²) in [5.41, 5.74) is 2.15. The smallest absolute Gasteiger partial charge is 0.169 e. The van der Waals surface area contributed by atoms with Gasteiger partial charge >= 0.3 is 0 Å². The molecule has 0 heterocycles. The number of methoxy groups -OCH3 is 1. The van der Waals surface area contributed by atoms with Gasteiger partial charge in [0.2, 0.25) is 0 Å². The SMILES string of the molecule is COc1cc(C)ccc1Oc1cc(C#N)ccc1[C@H](C)O. The average Bonchev–Trinajstić information content (AvgIpc) is 2.48. The van der Waals surface area contributed by atoms with Crippen molar-refractivity contribution in [3.05, 3.63) is 53.1 Å². The van der Waals surface area contributed by atoms with E-state index in [2.05, 4.69) is 6.07 Å². The maximum Gasteiger partial charge on any atom is 0.169 e. The number of ether oxygens (including phenoxy) is 2. The monoisotopic (exact) mass is 283 g/mol. The van der Waals surface area contributed by atoms with Crippen LogP contribution >= 0.6 is 0 Å². The summed E-state index contributed by atoms with van der Waals surface area (Å²) < 4.78 is 11.2. The molecule has 1 N–H and O–H groups in total. The van der Waals surface area contributed by atoms with Crippen molar-refractivity contribution in [3.8, 4) is 23.3 Å². The summed E-state index contributed by atoms with van der Waals surface area (Å²) >= 11 is 0. The molecule has 0 fully saturated rings. The summed E-state index contributed by atoms with van der Waals surface area (Å²) in [7, 11) is 1.57. The standard InChI is InChI=1S/C17H17NO3/c1-11-4-7-15(17(8-11)20-3)21-16-9-13(10-18)5-6-14(16)12(2)19/h4-9,12,19H,1-3H3/t12-/m0/s1. The van der Waals surface area contributed by atoms with Crippen molar-refractivity contribution in [3.63, 3.8) is 0 Å². The van der Waals surface area contributed by atoms with Crippen LogP contribution in [0.1, 0.15) is 29.7 Å². The third-order valence-electron chi connectivity index (χ3n) is 3.13. The topological polar surface area (TPSA) is 62.5 Å². The minimum absolute atomic E-state index is 0.450. The van der Waals surface area contributed by atoms with Crippen LogP contribution in [0.2, 0.25) is 0 Å². The molecule has 0 saturated heterocycles. The second-order valence-corrected chi connectivity index (χ2v) is 4.80. The molecular weight excluding hydrogens is 266 g/mol. The number of hydrogen-bond donors (Lipinski definition) is 1. The fraction of sp³-hybridized carbons (Fsp3) is 0.235.